The molecule has 0 bridgehead atoms. The molecule has 0 spiro atoms. The molecule has 2 amide bonds. The minimum Gasteiger partial charge on any atom is -0.322 e. The highest BCUT2D eigenvalue weighted by molar-refractivity contribution is 7.90. The zero-order chi connectivity index (χ0) is 15.9. The van der Waals surface area contributed by atoms with Crippen LogP contribution in [0.15, 0.2) is 47.4 Å². The Morgan fingerprint density at radius 2 is 1.91 bits per heavy atom. The van der Waals surface area contributed by atoms with Gasteiger partial charge in [0.25, 0.3) is 21.8 Å². The summed E-state index contributed by atoms with van der Waals surface area (Å²) in [4.78, 5) is 23.4. The molecule has 3 rings (SSSR count). The van der Waals surface area contributed by atoms with E-state index in [2.05, 4.69) is 5.32 Å². The van der Waals surface area contributed by atoms with E-state index in [9.17, 15) is 18.0 Å². The lowest BCUT2D eigenvalue weighted by Crippen LogP contribution is -2.20. The molecule has 6 nitrogen and oxygen atoms in total. The summed E-state index contributed by atoms with van der Waals surface area (Å²) in [5.41, 5.74) is 0.662. The van der Waals surface area contributed by atoms with Gasteiger partial charge in [-0.3, -0.25) is 9.59 Å². The molecule has 2 N–H and O–H groups in total. The van der Waals surface area contributed by atoms with E-state index in [4.69, 9.17) is 11.6 Å². The Morgan fingerprint density at radius 1 is 1.14 bits per heavy atom. The normalized spacial score (nSPS) is 15.0. The molecule has 2 aromatic rings. The van der Waals surface area contributed by atoms with Gasteiger partial charge in [0.2, 0.25) is 0 Å². The van der Waals surface area contributed by atoms with E-state index in [1.54, 1.807) is 18.2 Å². The minimum atomic E-state index is -3.86. The molecule has 0 radical (unpaired) electrons. The first-order valence-electron chi connectivity index (χ1n) is 6.15. The summed E-state index contributed by atoms with van der Waals surface area (Å²) in [6, 6.07) is 10.4. The Bertz CT molecular complexity index is 909. The Morgan fingerprint density at radius 3 is 2.64 bits per heavy atom. The van der Waals surface area contributed by atoms with Crippen molar-refractivity contribution in [3.05, 3.63) is 58.6 Å². The predicted molar refractivity (Wildman–Crippen MR) is 80.5 cm³/mol. The maximum absolute atomic E-state index is 12.1. The van der Waals surface area contributed by atoms with E-state index >= 15 is 0 Å². The van der Waals surface area contributed by atoms with E-state index in [0.29, 0.717) is 10.6 Å². The predicted octanol–water partition coefficient (Wildman–Crippen LogP) is 2.02. The molecule has 0 aromatic heterocycles. The number of rotatable bonds is 2. The second-order valence-corrected chi connectivity index (χ2v) is 6.70. The molecule has 0 saturated carbocycles. The first-order chi connectivity index (χ1) is 10.4. The maximum Gasteiger partial charge on any atom is 0.266 e. The van der Waals surface area contributed by atoms with Crippen LogP contribution in [0.2, 0.25) is 5.02 Å². The molecule has 0 aliphatic carbocycles. The fourth-order valence-corrected chi connectivity index (χ4v) is 3.46. The van der Waals surface area contributed by atoms with E-state index in [1.165, 1.54) is 24.3 Å². The van der Waals surface area contributed by atoms with Crippen LogP contribution in [0.25, 0.3) is 0 Å². The molecule has 1 heterocycles. The van der Waals surface area contributed by atoms with E-state index in [0.717, 1.165) is 0 Å². The van der Waals surface area contributed by atoms with Crippen molar-refractivity contribution in [2.45, 2.75) is 4.90 Å². The fraction of sp³-hybridized carbons (Fsp3) is 0. The first kappa shape index (κ1) is 14.6. The smallest absolute Gasteiger partial charge is 0.266 e. The van der Waals surface area contributed by atoms with Crippen LogP contribution in [0.3, 0.4) is 0 Å². The first-order valence-corrected chi connectivity index (χ1v) is 8.01. The largest absolute Gasteiger partial charge is 0.322 e. The van der Waals surface area contributed by atoms with Crippen LogP contribution >= 0.6 is 11.6 Å². The second kappa shape index (κ2) is 5.11. The van der Waals surface area contributed by atoms with Crippen molar-refractivity contribution in [2.75, 3.05) is 5.32 Å². The molecule has 0 saturated heterocycles. The Balaban J connectivity index is 1.92. The summed E-state index contributed by atoms with van der Waals surface area (Å²) in [6.07, 6.45) is 0. The number of nitrogens with one attached hydrogen (secondary N) is 2. The summed E-state index contributed by atoms with van der Waals surface area (Å²) in [5.74, 6) is -1.11. The highest BCUT2D eigenvalue weighted by Crippen LogP contribution is 2.26. The lowest BCUT2D eigenvalue weighted by atomic mass is 10.1. The van der Waals surface area contributed by atoms with Crippen molar-refractivity contribution in [2.24, 2.45) is 0 Å². The van der Waals surface area contributed by atoms with Crippen molar-refractivity contribution >= 4 is 39.1 Å². The Labute approximate surface area is 131 Å². The monoisotopic (exact) mass is 336 g/mol. The molecule has 112 valence electrons. The summed E-state index contributed by atoms with van der Waals surface area (Å²) >= 11 is 5.82. The summed E-state index contributed by atoms with van der Waals surface area (Å²) in [6.45, 7) is 0. The third kappa shape index (κ3) is 2.56. The molecule has 2 aromatic carbocycles. The van der Waals surface area contributed by atoms with Crippen molar-refractivity contribution in [1.82, 2.24) is 4.72 Å². The lowest BCUT2D eigenvalue weighted by molar-refractivity contribution is 0.0983. The van der Waals surface area contributed by atoms with Crippen molar-refractivity contribution in [1.29, 1.82) is 0 Å². The Hall–Kier alpha value is -2.38. The topological polar surface area (TPSA) is 92.3 Å². The number of carbonyl (C=O) groups excluding carboxylic acids is 2. The summed E-state index contributed by atoms with van der Waals surface area (Å²) in [7, 11) is -3.86. The van der Waals surface area contributed by atoms with Crippen molar-refractivity contribution in [3.8, 4) is 0 Å². The molecular weight excluding hydrogens is 328 g/mol. The minimum absolute atomic E-state index is 0.0563. The zero-order valence-corrected chi connectivity index (χ0v) is 12.5. The number of anilines is 1. The number of fused-ring (bicyclic) bond motifs is 1. The highest BCUT2D eigenvalue weighted by atomic mass is 35.5. The third-order valence-corrected chi connectivity index (χ3v) is 4.69. The number of benzene rings is 2. The lowest BCUT2D eigenvalue weighted by Gasteiger charge is -2.06. The summed E-state index contributed by atoms with van der Waals surface area (Å²) in [5, 5.41) is 2.98. The number of halogens is 1. The van der Waals surface area contributed by atoms with Crippen LogP contribution < -0.4 is 10.0 Å². The number of sulfonamides is 1. The van der Waals surface area contributed by atoms with Crippen LogP contribution in [0.1, 0.15) is 20.7 Å². The summed E-state index contributed by atoms with van der Waals surface area (Å²) < 4.78 is 25.4. The van der Waals surface area contributed by atoms with Gasteiger partial charge in [0, 0.05) is 16.3 Å². The van der Waals surface area contributed by atoms with Crippen LogP contribution in [-0.4, -0.2) is 20.2 Å². The van der Waals surface area contributed by atoms with Gasteiger partial charge in [0.15, 0.2) is 0 Å². The average Bonchev–Trinajstić information content (AvgIpc) is 2.68. The fourth-order valence-electron chi connectivity index (χ4n) is 2.07. The van der Waals surface area contributed by atoms with Gasteiger partial charge < -0.3 is 5.32 Å². The zero-order valence-electron chi connectivity index (χ0n) is 11.0. The number of hydrogen-bond donors (Lipinski definition) is 2. The Kier molecular flexibility index (Phi) is 3.38. The van der Waals surface area contributed by atoms with Gasteiger partial charge in [-0.2, -0.15) is 0 Å². The van der Waals surface area contributed by atoms with E-state index in [-0.39, 0.29) is 16.1 Å². The molecule has 0 unspecified atom stereocenters. The van der Waals surface area contributed by atoms with Crippen molar-refractivity contribution < 1.29 is 18.0 Å². The highest BCUT2D eigenvalue weighted by Gasteiger charge is 2.32. The van der Waals surface area contributed by atoms with Gasteiger partial charge >= 0.3 is 0 Å². The SMILES string of the molecule is O=C(Nc1ccc2c(c1)S(=O)(=O)NC2=O)c1cccc(Cl)c1. The second-order valence-electron chi connectivity index (χ2n) is 4.61. The molecule has 8 heteroatoms. The van der Waals surface area contributed by atoms with Gasteiger partial charge in [0.05, 0.1) is 5.56 Å². The molecule has 0 atom stereocenters. The standard InChI is InChI=1S/C14H9ClN2O4S/c15-9-3-1-2-8(6-9)13(18)16-10-4-5-11-12(7-10)22(20,21)17-14(11)19/h1-7H,(H,16,18)(H,17,19). The molecular formula is C14H9ClN2O4S. The maximum atomic E-state index is 12.1. The number of hydrogen-bond acceptors (Lipinski definition) is 4. The van der Waals surface area contributed by atoms with Crippen LogP contribution in [0.5, 0.6) is 0 Å². The van der Waals surface area contributed by atoms with Gasteiger partial charge in [-0.05, 0) is 36.4 Å². The molecule has 22 heavy (non-hydrogen) atoms. The average molecular weight is 337 g/mol. The van der Waals surface area contributed by atoms with Gasteiger partial charge in [-0.1, -0.05) is 17.7 Å². The van der Waals surface area contributed by atoms with E-state index < -0.39 is 21.8 Å². The van der Waals surface area contributed by atoms with Crippen molar-refractivity contribution in [3.63, 3.8) is 0 Å². The van der Waals surface area contributed by atoms with Crippen LogP contribution in [0, 0.1) is 0 Å². The third-order valence-electron chi connectivity index (χ3n) is 3.09. The number of carbonyl (C=O) groups is 2. The van der Waals surface area contributed by atoms with Crippen LogP contribution in [0.4, 0.5) is 5.69 Å². The van der Waals surface area contributed by atoms with Crippen LogP contribution in [-0.2, 0) is 10.0 Å². The van der Waals surface area contributed by atoms with Gasteiger partial charge in [0.1, 0.15) is 4.90 Å². The molecule has 0 fully saturated rings. The van der Waals surface area contributed by atoms with E-state index in [1.807, 2.05) is 4.72 Å². The molecule has 1 aliphatic rings. The number of amides is 2. The quantitative estimate of drug-likeness (QED) is 0.877. The van der Waals surface area contributed by atoms with Gasteiger partial charge in [-0.15, -0.1) is 0 Å². The molecule has 1 aliphatic heterocycles. The van der Waals surface area contributed by atoms with Gasteiger partial charge in [-0.25, -0.2) is 13.1 Å².